The minimum absolute atomic E-state index is 0.225. The van der Waals surface area contributed by atoms with E-state index in [0.29, 0.717) is 11.6 Å². The quantitative estimate of drug-likeness (QED) is 0.857. The first-order valence-corrected chi connectivity index (χ1v) is 5.78. The molecule has 0 atom stereocenters. The van der Waals surface area contributed by atoms with Crippen molar-refractivity contribution in [1.82, 2.24) is 4.98 Å². The molecule has 2 aromatic rings. The molecule has 20 heavy (non-hydrogen) atoms. The van der Waals surface area contributed by atoms with Crippen molar-refractivity contribution in [2.75, 3.05) is 7.11 Å². The molecule has 0 fully saturated rings. The van der Waals surface area contributed by atoms with Gasteiger partial charge in [0.1, 0.15) is 12.4 Å². The van der Waals surface area contributed by atoms with Crippen molar-refractivity contribution in [1.29, 1.82) is 0 Å². The molecule has 106 valence electrons. The second kappa shape index (κ2) is 5.81. The largest absolute Gasteiger partial charge is 0.489 e. The van der Waals surface area contributed by atoms with Gasteiger partial charge in [-0.3, -0.25) is 0 Å². The summed E-state index contributed by atoms with van der Waals surface area (Å²) in [5.74, 6) is 0.858. The fraction of sp³-hybridized carbons (Fsp3) is 0.214. The molecule has 6 heteroatoms. The lowest BCUT2D eigenvalue weighted by Gasteiger charge is -2.09. The molecule has 0 aliphatic rings. The number of nitrogens with zero attached hydrogens (tertiary/aromatic N) is 1. The van der Waals surface area contributed by atoms with Gasteiger partial charge >= 0.3 is 6.18 Å². The molecule has 0 bridgehead atoms. The number of benzene rings is 1. The van der Waals surface area contributed by atoms with Crippen molar-refractivity contribution in [3.05, 3.63) is 53.7 Å². The van der Waals surface area contributed by atoms with E-state index in [1.807, 2.05) is 0 Å². The zero-order valence-corrected chi connectivity index (χ0v) is 10.6. The van der Waals surface area contributed by atoms with Crippen LogP contribution in [-0.4, -0.2) is 12.1 Å². The van der Waals surface area contributed by atoms with Crippen molar-refractivity contribution in [3.8, 4) is 11.6 Å². The number of ether oxygens (including phenoxy) is 2. The number of hydrogen-bond donors (Lipinski definition) is 0. The number of alkyl halides is 3. The van der Waals surface area contributed by atoms with Crippen LogP contribution < -0.4 is 9.47 Å². The summed E-state index contributed by atoms with van der Waals surface area (Å²) in [6.07, 6.45) is -2.75. The Balaban J connectivity index is 1.96. The van der Waals surface area contributed by atoms with Crippen molar-refractivity contribution in [2.24, 2.45) is 0 Å². The van der Waals surface area contributed by atoms with Gasteiger partial charge in [0.25, 0.3) is 0 Å². The maximum Gasteiger partial charge on any atom is 0.416 e. The molecule has 0 aliphatic heterocycles. The van der Waals surface area contributed by atoms with Gasteiger partial charge < -0.3 is 9.47 Å². The van der Waals surface area contributed by atoms with Gasteiger partial charge in [0.15, 0.2) is 0 Å². The van der Waals surface area contributed by atoms with Crippen LogP contribution in [0.5, 0.6) is 11.6 Å². The summed E-state index contributed by atoms with van der Waals surface area (Å²) in [5.41, 5.74) is 0.0988. The van der Waals surface area contributed by atoms with Gasteiger partial charge in [-0.05, 0) is 30.3 Å². The molecule has 0 radical (unpaired) electrons. The van der Waals surface area contributed by atoms with E-state index < -0.39 is 11.7 Å². The van der Waals surface area contributed by atoms with Crippen LogP contribution in [0, 0.1) is 0 Å². The second-order valence-corrected chi connectivity index (χ2v) is 4.02. The van der Waals surface area contributed by atoms with E-state index in [1.165, 1.54) is 19.2 Å². The third-order valence-electron chi connectivity index (χ3n) is 2.59. The van der Waals surface area contributed by atoms with Gasteiger partial charge in [0.2, 0.25) is 5.88 Å². The molecule has 0 saturated carbocycles. The SMILES string of the molecule is COc1ccc(COc2ccc(C(F)(F)F)cc2)cn1. The zero-order valence-electron chi connectivity index (χ0n) is 10.6. The van der Waals surface area contributed by atoms with Gasteiger partial charge in [-0.25, -0.2) is 4.98 Å². The lowest BCUT2D eigenvalue weighted by Crippen LogP contribution is -2.04. The molecule has 0 spiro atoms. The van der Waals surface area contributed by atoms with Crippen LogP contribution in [0.3, 0.4) is 0 Å². The summed E-state index contributed by atoms with van der Waals surface area (Å²) in [4.78, 5) is 4.00. The maximum absolute atomic E-state index is 12.4. The molecule has 1 aromatic heterocycles. The van der Waals surface area contributed by atoms with Gasteiger partial charge in [-0.2, -0.15) is 13.2 Å². The smallest absolute Gasteiger partial charge is 0.416 e. The molecule has 1 heterocycles. The van der Waals surface area contributed by atoms with Crippen LogP contribution in [0.25, 0.3) is 0 Å². The summed E-state index contributed by atoms with van der Waals surface area (Å²) in [7, 11) is 1.51. The van der Waals surface area contributed by atoms with Gasteiger partial charge in [-0.1, -0.05) is 0 Å². The molecule has 0 unspecified atom stereocenters. The monoisotopic (exact) mass is 283 g/mol. The molecule has 0 N–H and O–H groups in total. The predicted octanol–water partition coefficient (Wildman–Crippen LogP) is 3.69. The van der Waals surface area contributed by atoms with E-state index in [9.17, 15) is 13.2 Å². The first kappa shape index (κ1) is 14.2. The fourth-order valence-corrected chi connectivity index (χ4v) is 1.52. The Morgan fingerprint density at radius 2 is 1.75 bits per heavy atom. The summed E-state index contributed by atoms with van der Waals surface area (Å²) in [5, 5.41) is 0. The number of halogens is 3. The van der Waals surface area contributed by atoms with E-state index in [-0.39, 0.29) is 6.61 Å². The molecule has 0 aliphatic carbocycles. The normalized spacial score (nSPS) is 11.2. The zero-order chi connectivity index (χ0) is 14.6. The Labute approximate surface area is 114 Å². The highest BCUT2D eigenvalue weighted by atomic mass is 19.4. The van der Waals surface area contributed by atoms with Gasteiger partial charge in [0.05, 0.1) is 12.7 Å². The van der Waals surface area contributed by atoms with Crippen LogP contribution in [0.4, 0.5) is 13.2 Å². The fourth-order valence-electron chi connectivity index (χ4n) is 1.52. The van der Waals surface area contributed by atoms with E-state index >= 15 is 0 Å². The predicted molar refractivity (Wildman–Crippen MR) is 66.6 cm³/mol. The Morgan fingerprint density at radius 1 is 1.05 bits per heavy atom. The maximum atomic E-state index is 12.4. The number of rotatable bonds is 4. The molecular formula is C14H12F3NO2. The standard InChI is InChI=1S/C14H12F3NO2/c1-19-13-7-2-10(8-18-13)9-20-12-5-3-11(4-6-12)14(15,16)17/h2-8H,9H2,1H3. The first-order valence-electron chi connectivity index (χ1n) is 5.78. The Bertz CT molecular complexity index is 550. The molecule has 3 nitrogen and oxygen atoms in total. The first-order chi connectivity index (χ1) is 9.49. The molecule has 0 amide bonds. The second-order valence-electron chi connectivity index (χ2n) is 4.02. The lowest BCUT2D eigenvalue weighted by molar-refractivity contribution is -0.137. The van der Waals surface area contributed by atoms with Crippen LogP contribution >= 0.6 is 0 Å². The Kier molecular flexibility index (Phi) is 4.12. The number of aromatic nitrogens is 1. The highest BCUT2D eigenvalue weighted by molar-refractivity contribution is 5.29. The molecule has 1 aromatic carbocycles. The van der Waals surface area contributed by atoms with E-state index in [1.54, 1.807) is 18.3 Å². The topological polar surface area (TPSA) is 31.4 Å². The third-order valence-corrected chi connectivity index (χ3v) is 2.59. The van der Waals surface area contributed by atoms with E-state index in [0.717, 1.165) is 17.7 Å². The molecule has 2 rings (SSSR count). The summed E-state index contributed by atoms with van der Waals surface area (Å²) in [6.45, 7) is 0.225. The number of methoxy groups -OCH3 is 1. The minimum atomic E-state index is -4.33. The molecule has 0 saturated heterocycles. The van der Waals surface area contributed by atoms with Crippen molar-refractivity contribution >= 4 is 0 Å². The summed E-state index contributed by atoms with van der Waals surface area (Å²) in [6, 6.07) is 8.02. The van der Waals surface area contributed by atoms with Gasteiger partial charge in [-0.15, -0.1) is 0 Å². The van der Waals surface area contributed by atoms with Crippen molar-refractivity contribution in [3.63, 3.8) is 0 Å². The summed E-state index contributed by atoms with van der Waals surface area (Å²) < 4.78 is 47.4. The average Bonchev–Trinajstić information content (AvgIpc) is 2.45. The lowest BCUT2D eigenvalue weighted by atomic mass is 10.2. The van der Waals surface area contributed by atoms with Gasteiger partial charge in [0, 0.05) is 17.8 Å². The van der Waals surface area contributed by atoms with Crippen LogP contribution in [0.2, 0.25) is 0 Å². The minimum Gasteiger partial charge on any atom is -0.489 e. The molecular weight excluding hydrogens is 271 g/mol. The summed E-state index contributed by atoms with van der Waals surface area (Å²) >= 11 is 0. The highest BCUT2D eigenvalue weighted by Gasteiger charge is 2.29. The Hall–Kier alpha value is -2.24. The van der Waals surface area contributed by atoms with Crippen LogP contribution in [-0.2, 0) is 12.8 Å². The number of hydrogen-bond acceptors (Lipinski definition) is 3. The van der Waals surface area contributed by atoms with Crippen molar-refractivity contribution in [2.45, 2.75) is 12.8 Å². The average molecular weight is 283 g/mol. The number of pyridine rings is 1. The third kappa shape index (κ3) is 3.63. The van der Waals surface area contributed by atoms with Crippen molar-refractivity contribution < 1.29 is 22.6 Å². The van der Waals surface area contributed by atoms with Crippen LogP contribution in [0.1, 0.15) is 11.1 Å². The van der Waals surface area contributed by atoms with E-state index in [2.05, 4.69) is 4.98 Å². The Morgan fingerprint density at radius 3 is 2.25 bits per heavy atom. The van der Waals surface area contributed by atoms with E-state index in [4.69, 9.17) is 9.47 Å². The van der Waals surface area contributed by atoms with Crippen LogP contribution in [0.15, 0.2) is 42.6 Å². The highest BCUT2D eigenvalue weighted by Crippen LogP contribution is 2.30.